The molecule has 2 unspecified atom stereocenters. The third-order valence-corrected chi connectivity index (χ3v) is 2.13. The zero-order valence-corrected chi connectivity index (χ0v) is 8.98. The minimum atomic E-state index is 0.596. The van der Waals surface area contributed by atoms with Gasteiger partial charge in [0.05, 0.1) is 0 Å². The van der Waals surface area contributed by atoms with Crippen LogP contribution in [0.5, 0.6) is 0 Å². The zero-order chi connectivity index (χ0) is 9.40. The van der Waals surface area contributed by atoms with Crippen molar-refractivity contribution in [2.45, 2.75) is 52.6 Å². The molecular formula is C10H24N2. The van der Waals surface area contributed by atoms with Crippen molar-refractivity contribution in [3.63, 3.8) is 0 Å². The number of nitrogens with one attached hydrogen (secondary N) is 2. The van der Waals surface area contributed by atoms with Gasteiger partial charge in [-0.3, -0.25) is 0 Å². The first-order chi connectivity index (χ1) is 5.70. The van der Waals surface area contributed by atoms with Crippen LogP contribution in [-0.2, 0) is 0 Å². The van der Waals surface area contributed by atoms with Gasteiger partial charge >= 0.3 is 0 Å². The molecular weight excluding hydrogens is 148 g/mol. The molecule has 0 radical (unpaired) electrons. The molecule has 2 nitrogen and oxygen atoms in total. The van der Waals surface area contributed by atoms with E-state index in [1.165, 1.54) is 12.8 Å². The molecule has 0 amide bonds. The first kappa shape index (κ1) is 11.9. The van der Waals surface area contributed by atoms with Gasteiger partial charge in [0.15, 0.2) is 0 Å². The third kappa shape index (κ3) is 6.62. The van der Waals surface area contributed by atoms with Crippen LogP contribution in [0.25, 0.3) is 0 Å². The zero-order valence-electron chi connectivity index (χ0n) is 8.98. The lowest BCUT2D eigenvalue weighted by Gasteiger charge is -2.17. The summed E-state index contributed by atoms with van der Waals surface area (Å²) >= 11 is 0. The Balaban J connectivity index is 3.24. The monoisotopic (exact) mass is 172 g/mol. The van der Waals surface area contributed by atoms with E-state index >= 15 is 0 Å². The van der Waals surface area contributed by atoms with Crippen LogP contribution in [0.1, 0.15) is 40.5 Å². The third-order valence-electron chi connectivity index (χ3n) is 2.13. The fourth-order valence-corrected chi connectivity index (χ4v) is 0.985. The van der Waals surface area contributed by atoms with E-state index in [0.717, 1.165) is 13.1 Å². The van der Waals surface area contributed by atoms with Crippen molar-refractivity contribution in [3.05, 3.63) is 0 Å². The van der Waals surface area contributed by atoms with E-state index in [1.54, 1.807) is 0 Å². The van der Waals surface area contributed by atoms with Crippen molar-refractivity contribution in [2.24, 2.45) is 0 Å². The summed E-state index contributed by atoms with van der Waals surface area (Å²) in [5, 5.41) is 6.93. The Morgan fingerprint density at radius 3 is 2.17 bits per heavy atom. The summed E-state index contributed by atoms with van der Waals surface area (Å²) < 4.78 is 0. The molecule has 0 spiro atoms. The predicted molar refractivity (Wildman–Crippen MR) is 55.5 cm³/mol. The Kier molecular flexibility index (Phi) is 7.51. The Labute approximate surface area is 77.1 Å². The van der Waals surface area contributed by atoms with Gasteiger partial charge in [-0.15, -0.1) is 0 Å². The molecule has 0 saturated carbocycles. The highest BCUT2D eigenvalue weighted by Crippen LogP contribution is 1.88. The highest BCUT2D eigenvalue weighted by molar-refractivity contribution is 4.66. The van der Waals surface area contributed by atoms with Crippen LogP contribution >= 0.6 is 0 Å². The molecule has 0 bridgehead atoms. The average Bonchev–Trinajstić information content (AvgIpc) is 2.10. The van der Waals surface area contributed by atoms with E-state index < -0.39 is 0 Å². The summed E-state index contributed by atoms with van der Waals surface area (Å²) in [5.41, 5.74) is 0. The second kappa shape index (κ2) is 7.56. The summed E-state index contributed by atoms with van der Waals surface area (Å²) in [6, 6.07) is 1.25. The van der Waals surface area contributed by atoms with Crippen LogP contribution in [-0.4, -0.2) is 25.2 Å². The van der Waals surface area contributed by atoms with E-state index in [-0.39, 0.29) is 0 Å². The van der Waals surface area contributed by atoms with Gasteiger partial charge in [-0.25, -0.2) is 0 Å². The maximum absolute atomic E-state index is 3.48. The fraction of sp³-hybridized carbons (Fsp3) is 1.00. The Bertz CT molecular complexity index is 93.8. The summed E-state index contributed by atoms with van der Waals surface area (Å²) in [6.45, 7) is 11.1. The Morgan fingerprint density at radius 1 is 1.00 bits per heavy atom. The smallest absolute Gasteiger partial charge is 0.0164 e. The molecule has 2 N–H and O–H groups in total. The van der Waals surface area contributed by atoms with Crippen LogP contribution in [0.3, 0.4) is 0 Å². The molecule has 0 aliphatic carbocycles. The van der Waals surface area contributed by atoms with E-state index in [1.807, 2.05) is 0 Å². The first-order valence-corrected chi connectivity index (χ1v) is 5.17. The molecule has 0 aromatic heterocycles. The van der Waals surface area contributed by atoms with Gasteiger partial charge in [-0.1, -0.05) is 13.8 Å². The van der Waals surface area contributed by atoms with E-state index in [9.17, 15) is 0 Å². The minimum absolute atomic E-state index is 0.596. The SMILES string of the molecule is CCCNC(C)CNC(C)CC. The molecule has 0 aromatic rings. The van der Waals surface area contributed by atoms with Crippen molar-refractivity contribution < 1.29 is 0 Å². The minimum Gasteiger partial charge on any atom is -0.313 e. The largest absolute Gasteiger partial charge is 0.313 e. The van der Waals surface area contributed by atoms with Gasteiger partial charge in [-0.05, 0) is 33.2 Å². The van der Waals surface area contributed by atoms with E-state index in [0.29, 0.717) is 12.1 Å². The van der Waals surface area contributed by atoms with Crippen molar-refractivity contribution >= 4 is 0 Å². The molecule has 0 rings (SSSR count). The van der Waals surface area contributed by atoms with Crippen LogP contribution < -0.4 is 10.6 Å². The maximum Gasteiger partial charge on any atom is 0.0164 e. The lowest BCUT2D eigenvalue weighted by molar-refractivity contribution is 0.455. The van der Waals surface area contributed by atoms with Crippen LogP contribution in [0.4, 0.5) is 0 Å². The van der Waals surface area contributed by atoms with Gasteiger partial charge in [0, 0.05) is 18.6 Å². The molecule has 2 heteroatoms. The highest BCUT2D eigenvalue weighted by atomic mass is 15.0. The molecule has 2 atom stereocenters. The van der Waals surface area contributed by atoms with Gasteiger partial charge < -0.3 is 10.6 Å². The molecule has 0 saturated heterocycles. The number of rotatable bonds is 7. The molecule has 0 fully saturated rings. The molecule has 74 valence electrons. The Hall–Kier alpha value is -0.0800. The van der Waals surface area contributed by atoms with Crippen LogP contribution in [0, 0.1) is 0 Å². The second-order valence-corrected chi connectivity index (χ2v) is 3.57. The normalized spacial score (nSPS) is 16.0. The van der Waals surface area contributed by atoms with Crippen molar-refractivity contribution in [1.29, 1.82) is 0 Å². The topological polar surface area (TPSA) is 24.1 Å². The molecule has 0 aliphatic rings. The quantitative estimate of drug-likeness (QED) is 0.611. The van der Waals surface area contributed by atoms with E-state index in [2.05, 4.69) is 38.3 Å². The molecule has 0 aliphatic heterocycles. The van der Waals surface area contributed by atoms with Crippen molar-refractivity contribution in [3.8, 4) is 0 Å². The van der Waals surface area contributed by atoms with Crippen molar-refractivity contribution in [2.75, 3.05) is 13.1 Å². The standard InChI is InChI=1S/C10H24N2/c1-5-7-11-10(4)8-12-9(3)6-2/h9-12H,5-8H2,1-4H3. The molecule has 12 heavy (non-hydrogen) atoms. The number of hydrogen-bond acceptors (Lipinski definition) is 2. The number of hydrogen-bond donors (Lipinski definition) is 2. The highest BCUT2D eigenvalue weighted by Gasteiger charge is 2.01. The predicted octanol–water partition coefficient (Wildman–Crippen LogP) is 1.76. The van der Waals surface area contributed by atoms with Crippen LogP contribution in [0.15, 0.2) is 0 Å². The second-order valence-electron chi connectivity index (χ2n) is 3.57. The Morgan fingerprint density at radius 2 is 1.67 bits per heavy atom. The van der Waals surface area contributed by atoms with E-state index in [4.69, 9.17) is 0 Å². The van der Waals surface area contributed by atoms with Crippen molar-refractivity contribution in [1.82, 2.24) is 10.6 Å². The van der Waals surface area contributed by atoms with Gasteiger partial charge in [-0.2, -0.15) is 0 Å². The molecule has 0 heterocycles. The molecule has 0 aromatic carbocycles. The summed E-state index contributed by atoms with van der Waals surface area (Å²) in [6.07, 6.45) is 2.42. The summed E-state index contributed by atoms with van der Waals surface area (Å²) in [7, 11) is 0. The maximum atomic E-state index is 3.48. The van der Waals surface area contributed by atoms with Gasteiger partial charge in [0.25, 0.3) is 0 Å². The average molecular weight is 172 g/mol. The van der Waals surface area contributed by atoms with Gasteiger partial charge in [0.2, 0.25) is 0 Å². The van der Waals surface area contributed by atoms with Gasteiger partial charge in [0.1, 0.15) is 0 Å². The first-order valence-electron chi connectivity index (χ1n) is 5.17. The fourth-order valence-electron chi connectivity index (χ4n) is 0.985. The van der Waals surface area contributed by atoms with Crippen LogP contribution in [0.2, 0.25) is 0 Å². The summed E-state index contributed by atoms with van der Waals surface area (Å²) in [4.78, 5) is 0. The lowest BCUT2D eigenvalue weighted by atomic mass is 10.2. The summed E-state index contributed by atoms with van der Waals surface area (Å²) in [5.74, 6) is 0. The lowest BCUT2D eigenvalue weighted by Crippen LogP contribution is -2.39.